The van der Waals surface area contributed by atoms with Crippen molar-refractivity contribution in [1.82, 2.24) is 19.0 Å². The van der Waals surface area contributed by atoms with Gasteiger partial charge in [0, 0.05) is 27.2 Å². The molecule has 2 unspecified atom stereocenters. The number of aromatic nitrogens is 3. The summed E-state index contributed by atoms with van der Waals surface area (Å²) in [7, 11) is 2.88. The van der Waals surface area contributed by atoms with Crippen molar-refractivity contribution >= 4 is 28.5 Å². The minimum absolute atomic E-state index is 0.0354. The maximum absolute atomic E-state index is 13.2. The van der Waals surface area contributed by atoms with Gasteiger partial charge in [-0.2, -0.15) is 0 Å². The average molecular weight is 450 g/mol. The van der Waals surface area contributed by atoms with Crippen LogP contribution >= 0.6 is 0 Å². The number of likely N-dealkylation sites (tertiary alicyclic amines) is 1. The monoisotopic (exact) mass is 449 g/mol. The number of nitrogens with one attached hydrogen (secondary N) is 1. The van der Waals surface area contributed by atoms with Crippen molar-refractivity contribution in [3.63, 3.8) is 0 Å². The number of pyridine rings is 1. The first-order valence-electron chi connectivity index (χ1n) is 10.9. The number of anilines is 1. The van der Waals surface area contributed by atoms with Crippen LogP contribution < -0.4 is 16.6 Å². The molecule has 9 heteroatoms. The van der Waals surface area contributed by atoms with Gasteiger partial charge in [0.25, 0.3) is 17.4 Å². The lowest BCUT2D eigenvalue weighted by Crippen LogP contribution is -2.42. The van der Waals surface area contributed by atoms with Crippen LogP contribution in [0, 0.1) is 11.8 Å². The molecule has 2 atom stereocenters. The van der Waals surface area contributed by atoms with Crippen LogP contribution in [0.25, 0.3) is 11.0 Å². The molecule has 0 radical (unpaired) electrons. The molecular weight excluding hydrogens is 422 g/mol. The number of para-hydroxylation sites is 1. The van der Waals surface area contributed by atoms with Crippen LogP contribution in [0.2, 0.25) is 0 Å². The smallest absolute Gasteiger partial charge is 0.332 e. The lowest BCUT2D eigenvalue weighted by atomic mass is 9.91. The van der Waals surface area contributed by atoms with Gasteiger partial charge in [-0.15, -0.1) is 0 Å². The Labute approximate surface area is 190 Å². The van der Waals surface area contributed by atoms with Crippen molar-refractivity contribution in [2.24, 2.45) is 25.9 Å². The first kappa shape index (κ1) is 22.4. The summed E-state index contributed by atoms with van der Waals surface area (Å²) in [5.41, 5.74) is -0.0519. The molecular formula is C24H27N5O4. The Bertz CT molecular complexity index is 1360. The molecule has 0 spiro atoms. The van der Waals surface area contributed by atoms with Crippen molar-refractivity contribution in [2.45, 2.75) is 20.3 Å². The highest BCUT2D eigenvalue weighted by molar-refractivity contribution is 6.08. The summed E-state index contributed by atoms with van der Waals surface area (Å²) in [5, 5.41) is 3.01. The van der Waals surface area contributed by atoms with E-state index in [0.717, 1.165) is 11.0 Å². The Morgan fingerprint density at radius 2 is 1.64 bits per heavy atom. The van der Waals surface area contributed by atoms with E-state index in [0.29, 0.717) is 36.2 Å². The van der Waals surface area contributed by atoms with E-state index in [1.807, 2.05) is 4.90 Å². The van der Waals surface area contributed by atoms with Gasteiger partial charge < -0.3 is 10.2 Å². The van der Waals surface area contributed by atoms with Crippen molar-refractivity contribution in [1.29, 1.82) is 0 Å². The van der Waals surface area contributed by atoms with E-state index >= 15 is 0 Å². The Hall–Kier alpha value is -3.75. The third-order valence-electron chi connectivity index (χ3n) is 6.10. The number of amides is 2. The van der Waals surface area contributed by atoms with Crippen LogP contribution in [0.1, 0.15) is 41.1 Å². The SMILES string of the molecule is CC1CC(C)CN(C(=O)c2ccccc2NC(=O)c2ccc3c(=O)n(C)c(=O)n(C)c3n2)C1. The maximum atomic E-state index is 13.2. The summed E-state index contributed by atoms with van der Waals surface area (Å²) in [6, 6.07) is 9.79. The fourth-order valence-corrected chi connectivity index (χ4v) is 4.54. The predicted molar refractivity (Wildman–Crippen MR) is 125 cm³/mol. The van der Waals surface area contributed by atoms with Gasteiger partial charge in [0.2, 0.25) is 0 Å². The lowest BCUT2D eigenvalue weighted by Gasteiger charge is -2.35. The topological polar surface area (TPSA) is 106 Å². The summed E-state index contributed by atoms with van der Waals surface area (Å²) in [6.45, 7) is 5.63. The van der Waals surface area contributed by atoms with Gasteiger partial charge in [0.05, 0.1) is 16.6 Å². The predicted octanol–water partition coefficient (Wildman–Crippen LogP) is 2.00. The summed E-state index contributed by atoms with van der Waals surface area (Å²) < 4.78 is 2.22. The Morgan fingerprint density at radius 1 is 0.970 bits per heavy atom. The number of aryl methyl sites for hydroxylation is 1. The van der Waals surface area contributed by atoms with Crippen molar-refractivity contribution in [3.05, 3.63) is 68.5 Å². The van der Waals surface area contributed by atoms with E-state index in [-0.39, 0.29) is 22.6 Å². The fourth-order valence-electron chi connectivity index (χ4n) is 4.54. The molecule has 2 aromatic heterocycles. The van der Waals surface area contributed by atoms with Crippen LogP contribution in [0.4, 0.5) is 5.69 Å². The first-order chi connectivity index (χ1) is 15.7. The van der Waals surface area contributed by atoms with Gasteiger partial charge >= 0.3 is 5.69 Å². The zero-order valence-electron chi connectivity index (χ0n) is 19.2. The molecule has 1 fully saturated rings. The Balaban J connectivity index is 1.65. The molecule has 1 saturated heterocycles. The highest BCUT2D eigenvalue weighted by Gasteiger charge is 2.27. The van der Waals surface area contributed by atoms with E-state index in [4.69, 9.17) is 0 Å². The molecule has 0 bridgehead atoms. The molecule has 33 heavy (non-hydrogen) atoms. The molecule has 1 aliphatic rings. The van der Waals surface area contributed by atoms with Crippen LogP contribution in [-0.4, -0.2) is 43.9 Å². The van der Waals surface area contributed by atoms with Crippen molar-refractivity contribution < 1.29 is 9.59 Å². The van der Waals surface area contributed by atoms with Gasteiger partial charge in [-0.1, -0.05) is 26.0 Å². The molecule has 3 heterocycles. The van der Waals surface area contributed by atoms with E-state index in [1.54, 1.807) is 24.3 Å². The number of piperidine rings is 1. The lowest BCUT2D eigenvalue weighted by molar-refractivity contribution is 0.0624. The zero-order chi connectivity index (χ0) is 23.9. The molecule has 1 aromatic carbocycles. The molecule has 1 aliphatic heterocycles. The largest absolute Gasteiger partial charge is 0.338 e. The molecule has 0 saturated carbocycles. The van der Waals surface area contributed by atoms with E-state index in [9.17, 15) is 19.2 Å². The number of benzene rings is 1. The second kappa shape index (κ2) is 8.65. The molecule has 4 rings (SSSR count). The minimum atomic E-state index is -0.536. The van der Waals surface area contributed by atoms with Gasteiger partial charge in [-0.3, -0.25) is 23.5 Å². The number of nitrogens with zero attached hydrogens (tertiary/aromatic N) is 4. The quantitative estimate of drug-likeness (QED) is 0.658. The first-order valence-corrected chi connectivity index (χ1v) is 10.9. The normalized spacial score (nSPS) is 18.4. The summed E-state index contributed by atoms with van der Waals surface area (Å²) in [6.07, 6.45) is 1.08. The highest BCUT2D eigenvalue weighted by atomic mass is 16.2. The van der Waals surface area contributed by atoms with Crippen LogP contribution in [-0.2, 0) is 14.1 Å². The maximum Gasteiger partial charge on any atom is 0.332 e. The number of carbonyl (C=O) groups excluding carboxylic acids is 2. The zero-order valence-corrected chi connectivity index (χ0v) is 19.2. The van der Waals surface area contributed by atoms with Gasteiger partial charge in [-0.25, -0.2) is 9.78 Å². The molecule has 0 aliphatic carbocycles. The highest BCUT2D eigenvalue weighted by Crippen LogP contribution is 2.25. The molecule has 172 valence electrons. The molecule has 2 amide bonds. The van der Waals surface area contributed by atoms with Crippen LogP contribution in [0.15, 0.2) is 46.0 Å². The van der Waals surface area contributed by atoms with Crippen LogP contribution in [0.3, 0.4) is 0 Å². The number of rotatable bonds is 3. The third-order valence-corrected chi connectivity index (χ3v) is 6.10. The summed E-state index contributed by atoms with van der Waals surface area (Å²) in [5.74, 6) is 0.175. The van der Waals surface area contributed by atoms with Crippen LogP contribution in [0.5, 0.6) is 0 Å². The number of fused-ring (bicyclic) bond motifs is 1. The second-order valence-electron chi connectivity index (χ2n) is 8.93. The van der Waals surface area contributed by atoms with Crippen molar-refractivity contribution in [2.75, 3.05) is 18.4 Å². The number of hydrogen-bond acceptors (Lipinski definition) is 5. The van der Waals surface area contributed by atoms with E-state index in [1.165, 1.54) is 30.8 Å². The summed E-state index contributed by atoms with van der Waals surface area (Å²) >= 11 is 0. The Kier molecular flexibility index (Phi) is 5.88. The van der Waals surface area contributed by atoms with E-state index in [2.05, 4.69) is 24.1 Å². The summed E-state index contributed by atoms with van der Waals surface area (Å²) in [4.78, 5) is 56.9. The van der Waals surface area contributed by atoms with E-state index < -0.39 is 17.2 Å². The second-order valence-corrected chi connectivity index (χ2v) is 8.93. The fraction of sp³-hybridized carbons (Fsp3) is 0.375. The molecule has 3 aromatic rings. The average Bonchev–Trinajstić information content (AvgIpc) is 2.80. The standard InChI is InChI=1S/C24H27N5O4/c1-14-11-15(2)13-29(12-14)23(32)16-7-5-6-8-18(16)26-21(30)19-10-9-17-20(25-19)27(3)24(33)28(4)22(17)31/h5-10,14-15H,11-13H2,1-4H3,(H,26,30). The Morgan fingerprint density at radius 3 is 2.33 bits per heavy atom. The number of hydrogen-bond donors (Lipinski definition) is 1. The van der Waals surface area contributed by atoms with Gasteiger partial charge in [0.15, 0.2) is 0 Å². The molecule has 9 nitrogen and oxygen atoms in total. The molecule has 1 N–H and O–H groups in total. The van der Waals surface area contributed by atoms with Gasteiger partial charge in [0.1, 0.15) is 11.3 Å². The van der Waals surface area contributed by atoms with Crippen molar-refractivity contribution in [3.8, 4) is 0 Å². The van der Waals surface area contributed by atoms with Gasteiger partial charge in [-0.05, 0) is 42.5 Å². The minimum Gasteiger partial charge on any atom is -0.338 e. The third kappa shape index (κ3) is 4.18. The number of carbonyl (C=O) groups is 2.